The Kier molecular flexibility index (Phi) is 6.53. The second kappa shape index (κ2) is 9.09. The van der Waals surface area contributed by atoms with Gasteiger partial charge >= 0.3 is 0 Å². The first-order valence-electron chi connectivity index (χ1n) is 9.29. The number of aliphatic imine (C=N–C) groups is 1. The minimum atomic E-state index is -3.03. The van der Waals surface area contributed by atoms with E-state index in [0.29, 0.717) is 19.0 Å². The Morgan fingerprint density at radius 1 is 1.10 bits per heavy atom. The molecule has 0 amide bonds. The molecule has 0 spiro atoms. The quantitative estimate of drug-likeness (QED) is 0.408. The van der Waals surface area contributed by atoms with Crippen molar-refractivity contribution in [2.45, 2.75) is 18.7 Å². The van der Waals surface area contributed by atoms with Crippen LogP contribution in [-0.2, 0) is 28.6 Å². The number of hydrogen-bond acceptors (Lipinski definition) is 3. The standard InChI is InChI=1S/C21H25FN4O2S/c1-23-21(26-12-15-3-5-16(6-4-15)14-29(2,27)28)24-10-9-17-13-25-20-11-18(22)7-8-19(17)20/h3-8,11,13,25H,9-10,12,14H2,1-2H3,(H2,23,24,26). The van der Waals surface area contributed by atoms with Crippen molar-refractivity contribution in [3.63, 3.8) is 0 Å². The second-order valence-corrected chi connectivity index (χ2v) is 9.13. The van der Waals surface area contributed by atoms with Crippen LogP contribution in [0.25, 0.3) is 10.9 Å². The zero-order chi connectivity index (χ0) is 20.9. The molecule has 8 heteroatoms. The van der Waals surface area contributed by atoms with Gasteiger partial charge in [0, 0.05) is 43.5 Å². The molecule has 0 radical (unpaired) electrons. The predicted octanol–water partition coefficient (Wildman–Crippen LogP) is 2.76. The van der Waals surface area contributed by atoms with E-state index in [9.17, 15) is 12.8 Å². The fraction of sp³-hybridized carbons (Fsp3) is 0.286. The third-order valence-electron chi connectivity index (χ3n) is 4.55. The van der Waals surface area contributed by atoms with Gasteiger partial charge < -0.3 is 15.6 Å². The normalized spacial score (nSPS) is 12.3. The van der Waals surface area contributed by atoms with E-state index in [4.69, 9.17) is 0 Å². The number of sulfone groups is 1. The van der Waals surface area contributed by atoms with Gasteiger partial charge in [-0.15, -0.1) is 0 Å². The van der Waals surface area contributed by atoms with Gasteiger partial charge in [0.2, 0.25) is 0 Å². The van der Waals surface area contributed by atoms with Crippen molar-refractivity contribution in [2.24, 2.45) is 4.99 Å². The van der Waals surface area contributed by atoms with E-state index in [-0.39, 0.29) is 11.6 Å². The van der Waals surface area contributed by atoms with Crippen LogP contribution in [0, 0.1) is 5.82 Å². The van der Waals surface area contributed by atoms with Gasteiger partial charge in [-0.2, -0.15) is 0 Å². The van der Waals surface area contributed by atoms with Gasteiger partial charge in [-0.3, -0.25) is 4.99 Å². The van der Waals surface area contributed by atoms with Crippen molar-refractivity contribution < 1.29 is 12.8 Å². The average Bonchev–Trinajstić information content (AvgIpc) is 3.06. The Hall–Kier alpha value is -2.87. The van der Waals surface area contributed by atoms with E-state index < -0.39 is 9.84 Å². The molecule has 3 aromatic rings. The molecule has 0 atom stereocenters. The monoisotopic (exact) mass is 416 g/mol. The number of benzene rings is 2. The lowest BCUT2D eigenvalue weighted by molar-refractivity contribution is 0.601. The Bertz CT molecular complexity index is 1110. The number of aromatic amines is 1. The molecule has 0 aliphatic heterocycles. The van der Waals surface area contributed by atoms with Crippen molar-refractivity contribution in [3.8, 4) is 0 Å². The largest absolute Gasteiger partial charge is 0.361 e. The zero-order valence-corrected chi connectivity index (χ0v) is 17.3. The highest BCUT2D eigenvalue weighted by Crippen LogP contribution is 2.19. The minimum Gasteiger partial charge on any atom is -0.361 e. The summed E-state index contributed by atoms with van der Waals surface area (Å²) in [5.74, 6) is 0.471. The highest BCUT2D eigenvalue weighted by atomic mass is 32.2. The number of hydrogen-bond donors (Lipinski definition) is 3. The van der Waals surface area contributed by atoms with Crippen LogP contribution in [0.1, 0.15) is 16.7 Å². The lowest BCUT2D eigenvalue weighted by Gasteiger charge is -2.12. The highest BCUT2D eigenvalue weighted by Gasteiger charge is 2.06. The van der Waals surface area contributed by atoms with E-state index in [1.807, 2.05) is 30.5 Å². The van der Waals surface area contributed by atoms with Gasteiger partial charge in [0.15, 0.2) is 15.8 Å². The molecule has 0 unspecified atom stereocenters. The van der Waals surface area contributed by atoms with Gasteiger partial charge in [0.05, 0.1) is 5.75 Å². The predicted molar refractivity (Wildman–Crippen MR) is 115 cm³/mol. The molecule has 154 valence electrons. The van der Waals surface area contributed by atoms with Gasteiger partial charge in [0.1, 0.15) is 5.82 Å². The molecule has 0 aliphatic rings. The summed E-state index contributed by atoms with van der Waals surface area (Å²) >= 11 is 0. The molecule has 2 aromatic carbocycles. The van der Waals surface area contributed by atoms with Crippen LogP contribution < -0.4 is 10.6 Å². The first-order chi connectivity index (χ1) is 13.8. The first-order valence-corrected chi connectivity index (χ1v) is 11.4. The van der Waals surface area contributed by atoms with Crippen molar-refractivity contribution in [3.05, 3.63) is 71.2 Å². The number of rotatable bonds is 7. The molecule has 0 bridgehead atoms. The topological polar surface area (TPSA) is 86.3 Å². The van der Waals surface area contributed by atoms with Crippen LogP contribution in [0.15, 0.2) is 53.7 Å². The van der Waals surface area contributed by atoms with Gasteiger partial charge in [0.25, 0.3) is 0 Å². The van der Waals surface area contributed by atoms with Crippen molar-refractivity contribution in [1.29, 1.82) is 0 Å². The molecule has 29 heavy (non-hydrogen) atoms. The lowest BCUT2D eigenvalue weighted by Crippen LogP contribution is -2.37. The summed E-state index contributed by atoms with van der Waals surface area (Å²) in [6.07, 6.45) is 3.90. The average molecular weight is 417 g/mol. The van der Waals surface area contributed by atoms with E-state index in [0.717, 1.165) is 34.0 Å². The summed E-state index contributed by atoms with van der Waals surface area (Å²) < 4.78 is 36.0. The smallest absolute Gasteiger partial charge is 0.191 e. The van der Waals surface area contributed by atoms with E-state index in [2.05, 4.69) is 20.6 Å². The minimum absolute atomic E-state index is 0.0460. The third-order valence-corrected chi connectivity index (χ3v) is 5.41. The summed E-state index contributed by atoms with van der Waals surface area (Å²) in [6, 6.07) is 12.2. The van der Waals surface area contributed by atoms with Crippen molar-refractivity contribution in [1.82, 2.24) is 15.6 Å². The van der Waals surface area contributed by atoms with Crippen LogP contribution in [0.5, 0.6) is 0 Å². The number of aromatic nitrogens is 1. The number of nitrogens with zero attached hydrogens (tertiary/aromatic N) is 1. The first kappa shape index (κ1) is 20.9. The van der Waals surface area contributed by atoms with E-state index in [1.54, 1.807) is 13.1 Å². The molecule has 0 saturated carbocycles. The van der Waals surface area contributed by atoms with Crippen LogP contribution >= 0.6 is 0 Å². The molecule has 1 aromatic heterocycles. The number of guanidine groups is 1. The molecular formula is C21H25FN4O2S. The van der Waals surface area contributed by atoms with Crippen molar-refractivity contribution >= 4 is 26.7 Å². The summed E-state index contributed by atoms with van der Waals surface area (Å²) in [4.78, 5) is 7.31. The fourth-order valence-electron chi connectivity index (χ4n) is 3.14. The molecule has 0 aliphatic carbocycles. The Morgan fingerprint density at radius 3 is 2.52 bits per heavy atom. The summed E-state index contributed by atoms with van der Waals surface area (Å²) in [6.45, 7) is 1.25. The Labute approximate surface area is 170 Å². The summed E-state index contributed by atoms with van der Waals surface area (Å²) in [7, 11) is -1.32. The number of halogens is 1. The molecule has 0 saturated heterocycles. The zero-order valence-electron chi connectivity index (χ0n) is 16.5. The number of fused-ring (bicyclic) bond motifs is 1. The molecule has 0 fully saturated rings. The lowest BCUT2D eigenvalue weighted by atomic mass is 10.1. The van der Waals surface area contributed by atoms with E-state index in [1.165, 1.54) is 18.4 Å². The number of H-pyrrole nitrogens is 1. The van der Waals surface area contributed by atoms with Crippen LogP contribution in [-0.4, -0.2) is 39.2 Å². The highest BCUT2D eigenvalue weighted by molar-refractivity contribution is 7.89. The molecule has 1 heterocycles. The van der Waals surface area contributed by atoms with Crippen LogP contribution in [0.4, 0.5) is 4.39 Å². The number of nitrogens with one attached hydrogen (secondary N) is 3. The maximum atomic E-state index is 13.3. The van der Waals surface area contributed by atoms with E-state index >= 15 is 0 Å². The molecule has 3 N–H and O–H groups in total. The molecule has 3 rings (SSSR count). The SMILES string of the molecule is CN=C(NCCc1c[nH]c2cc(F)ccc12)NCc1ccc(CS(C)(=O)=O)cc1. The molecular weight excluding hydrogens is 391 g/mol. The third kappa shape index (κ3) is 6.05. The van der Waals surface area contributed by atoms with Crippen molar-refractivity contribution in [2.75, 3.05) is 19.8 Å². The summed E-state index contributed by atoms with van der Waals surface area (Å²) in [5, 5.41) is 7.53. The second-order valence-electron chi connectivity index (χ2n) is 6.99. The summed E-state index contributed by atoms with van der Waals surface area (Å²) in [5.41, 5.74) is 3.72. The van der Waals surface area contributed by atoms with Gasteiger partial charge in [-0.1, -0.05) is 24.3 Å². The van der Waals surface area contributed by atoms with Gasteiger partial charge in [-0.25, -0.2) is 12.8 Å². The van der Waals surface area contributed by atoms with Crippen LogP contribution in [0.2, 0.25) is 0 Å². The van der Waals surface area contributed by atoms with Gasteiger partial charge in [-0.05, 0) is 41.3 Å². The Balaban J connectivity index is 1.49. The Morgan fingerprint density at radius 2 is 1.83 bits per heavy atom. The maximum absolute atomic E-state index is 13.3. The van der Waals surface area contributed by atoms with Crippen LogP contribution in [0.3, 0.4) is 0 Å². The molecule has 6 nitrogen and oxygen atoms in total. The maximum Gasteiger partial charge on any atom is 0.191 e. The fourth-order valence-corrected chi connectivity index (χ4v) is 3.94.